The highest BCUT2D eigenvalue weighted by Gasteiger charge is 2.05. The minimum Gasteiger partial charge on any atom is -0.493 e. The van der Waals surface area contributed by atoms with Gasteiger partial charge < -0.3 is 9.84 Å². The molecule has 2 nitrogen and oxygen atoms in total. The molecule has 0 amide bonds. The van der Waals surface area contributed by atoms with E-state index < -0.39 is 6.10 Å². The Balaban J connectivity index is 2.75. The lowest BCUT2D eigenvalue weighted by Gasteiger charge is -2.13. The summed E-state index contributed by atoms with van der Waals surface area (Å²) in [7, 11) is 0. The van der Waals surface area contributed by atoms with Crippen molar-refractivity contribution in [3.8, 4) is 5.75 Å². The summed E-state index contributed by atoms with van der Waals surface area (Å²) >= 11 is 0. The molecule has 2 heteroatoms. The van der Waals surface area contributed by atoms with Gasteiger partial charge in [-0.2, -0.15) is 0 Å². The number of aliphatic hydroxyl groups excluding tert-OH is 1. The molecule has 0 heterocycles. The van der Waals surface area contributed by atoms with Gasteiger partial charge in [0, 0.05) is 0 Å². The fraction of sp³-hybridized carbons (Fsp3) is 0.538. The molecule has 1 aromatic carbocycles. The standard InChI is InChI=1S/C13H20O2/c1-9(2)8-15-13-6-5-12(11(4)14)7-10(13)3/h5-7,9,11,14H,8H2,1-4H3/t11-/m0/s1. The van der Waals surface area contributed by atoms with E-state index in [1.165, 1.54) is 0 Å². The molecule has 1 rings (SSSR count). The molecule has 0 unspecified atom stereocenters. The Morgan fingerprint density at radius 1 is 1.27 bits per heavy atom. The normalized spacial score (nSPS) is 12.9. The van der Waals surface area contributed by atoms with E-state index in [1.54, 1.807) is 6.92 Å². The van der Waals surface area contributed by atoms with E-state index in [0.29, 0.717) is 5.92 Å². The lowest BCUT2D eigenvalue weighted by atomic mass is 10.1. The molecule has 0 bridgehead atoms. The third kappa shape index (κ3) is 3.56. The number of aliphatic hydroxyl groups is 1. The SMILES string of the molecule is Cc1cc([C@H](C)O)ccc1OCC(C)C. The van der Waals surface area contributed by atoms with Crippen LogP contribution in [0.5, 0.6) is 5.75 Å². The molecule has 1 atom stereocenters. The monoisotopic (exact) mass is 208 g/mol. The van der Waals surface area contributed by atoms with Crippen molar-refractivity contribution in [2.45, 2.75) is 33.8 Å². The summed E-state index contributed by atoms with van der Waals surface area (Å²) < 4.78 is 5.65. The Morgan fingerprint density at radius 2 is 1.93 bits per heavy atom. The van der Waals surface area contributed by atoms with Crippen LogP contribution in [0.4, 0.5) is 0 Å². The molecule has 84 valence electrons. The van der Waals surface area contributed by atoms with Crippen molar-refractivity contribution in [3.05, 3.63) is 29.3 Å². The zero-order chi connectivity index (χ0) is 11.4. The Kier molecular flexibility index (Phi) is 4.15. The van der Waals surface area contributed by atoms with Crippen molar-refractivity contribution in [2.75, 3.05) is 6.61 Å². The molecular weight excluding hydrogens is 188 g/mol. The fourth-order valence-electron chi connectivity index (χ4n) is 1.35. The van der Waals surface area contributed by atoms with Crippen LogP contribution in [0, 0.1) is 12.8 Å². The van der Waals surface area contributed by atoms with E-state index in [1.807, 2.05) is 25.1 Å². The average molecular weight is 208 g/mol. The van der Waals surface area contributed by atoms with Crippen molar-refractivity contribution < 1.29 is 9.84 Å². The molecule has 1 aromatic rings. The Hall–Kier alpha value is -1.02. The first-order valence-electron chi connectivity index (χ1n) is 5.42. The minimum absolute atomic E-state index is 0.414. The molecule has 0 aliphatic heterocycles. The Labute approximate surface area is 91.9 Å². The largest absolute Gasteiger partial charge is 0.493 e. The van der Waals surface area contributed by atoms with Crippen LogP contribution in [0.3, 0.4) is 0 Å². The van der Waals surface area contributed by atoms with Crippen LogP contribution in [0.1, 0.15) is 38.0 Å². The van der Waals surface area contributed by atoms with Crippen molar-refractivity contribution in [3.63, 3.8) is 0 Å². The number of benzene rings is 1. The van der Waals surface area contributed by atoms with E-state index in [0.717, 1.165) is 23.5 Å². The second-order valence-electron chi connectivity index (χ2n) is 4.41. The molecule has 15 heavy (non-hydrogen) atoms. The average Bonchev–Trinajstić information content (AvgIpc) is 2.15. The second-order valence-corrected chi connectivity index (χ2v) is 4.41. The van der Waals surface area contributed by atoms with E-state index in [-0.39, 0.29) is 0 Å². The van der Waals surface area contributed by atoms with Crippen molar-refractivity contribution >= 4 is 0 Å². The van der Waals surface area contributed by atoms with Gasteiger partial charge >= 0.3 is 0 Å². The van der Waals surface area contributed by atoms with Gasteiger partial charge in [0.25, 0.3) is 0 Å². The maximum Gasteiger partial charge on any atom is 0.122 e. The van der Waals surface area contributed by atoms with Crippen LogP contribution >= 0.6 is 0 Å². The van der Waals surface area contributed by atoms with Gasteiger partial charge in [0.1, 0.15) is 5.75 Å². The molecule has 0 aliphatic rings. The molecule has 1 N–H and O–H groups in total. The van der Waals surface area contributed by atoms with Gasteiger partial charge in [-0.05, 0) is 43.0 Å². The number of aryl methyl sites for hydroxylation is 1. The maximum atomic E-state index is 9.42. The highest BCUT2D eigenvalue weighted by atomic mass is 16.5. The zero-order valence-electron chi connectivity index (χ0n) is 9.95. The molecule has 0 saturated carbocycles. The Bertz CT molecular complexity index is 316. The number of hydrogen-bond donors (Lipinski definition) is 1. The van der Waals surface area contributed by atoms with Gasteiger partial charge in [-0.3, -0.25) is 0 Å². The second kappa shape index (κ2) is 5.17. The minimum atomic E-state index is -0.414. The maximum absolute atomic E-state index is 9.42. The van der Waals surface area contributed by atoms with Crippen LogP contribution in [-0.4, -0.2) is 11.7 Å². The van der Waals surface area contributed by atoms with Gasteiger partial charge in [0.15, 0.2) is 0 Å². The predicted octanol–water partition coefficient (Wildman–Crippen LogP) is 3.08. The topological polar surface area (TPSA) is 29.5 Å². The smallest absolute Gasteiger partial charge is 0.122 e. The molecule has 0 spiro atoms. The van der Waals surface area contributed by atoms with Crippen LogP contribution in [-0.2, 0) is 0 Å². The van der Waals surface area contributed by atoms with E-state index in [9.17, 15) is 5.11 Å². The van der Waals surface area contributed by atoms with Gasteiger partial charge in [-0.25, -0.2) is 0 Å². The molecular formula is C13H20O2. The van der Waals surface area contributed by atoms with Crippen molar-refractivity contribution in [1.82, 2.24) is 0 Å². The quantitative estimate of drug-likeness (QED) is 0.824. The van der Waals surface area contributed by atoms with Crippen LogP contribution in [0.15, 0.2) is 18.2 Å². The summed E-state index contributed by atoms with van der Waals surface area (Å²) in [4.78, 5) is 0. The van der Waals surface area contributed by atoms with Gasteiger partial charge in [-0.1, -0.05) is 19.9 Å². The molecule has 0 aliphatic carbocycles. The summed E-state index contributed by atoms with van der Waals surface area (Å²) in [5, 5.41) is 9.42. The van der Waals surface area contributed by atoms with Gasteiger partial charge in [0.05, 0.1) is 12.7 Å². The van der Waals surface area contributed by atoms with Gasteiger partial charge in [0.2, 0.25) is 0 Å². The van der Waals surface area contributed by atoms with Crippen molar-refractivity contribution in [1.29, 1.82) is 0 Å². The summed E-state index contributed by atoms with van der Waals surface area (Å²) in [6.45, 7) is 8.75. The summed E-state index contributed by atoms with van der Waals surface area (Å²) in [6, 6.07) is 5.81. The summed E-state index contributed by atoms with van der Waals surface area (Å²) in [5.74, 6) is 1.44. The van der Waals surface area contributed by atoms with E-state index in [4.69, 9.17) is 4.74 Å². The van der Waals surface area contributed by atoms with Crippen LogP contribution < -0.4 is 4.74 Å². The first-order valence-corrected chi connectivity index (χ1v) is 5.42. The zero-order valence-corrected chi connectivity index (χ0v) is 9.95. The number of ether oxygens (including phenoxy) is 1. The lowest BCUT2D eigenvalue weighted by Crippen LogP contribution is -2.05. The highest BCUT2D eigenvalue weighted by Crippen LogP contribution is 2.22. The Morgan fingerprint density at radius 3 is 2.40 bits per heavy atom. The van der Waals surface area contributed by atoms with E-state index in [2.05, 4.69) is 13.8 Å². The molecule has 0 saturated heterocycles. The third-order valence-electron chi connectivity index (χ3n) is 2.25. The first-order chi connectivity index (χ1) is 7.00. The molecule has 0 aromatic heterocycles. The first kappa shape index (κ1) is 12.1. The predicted molar refractivity (Wildman–Crippen MR) is 62.1 cm³/mol. The van der Waals surface area contributed by atoms with Crippen LogP contribution in [0.2, 0.25) is 0 Å². The van der Waals surface area contributed by atoms with Crippen molar-refractivity contribution in [2.24, 2.45) is 5.92 Å². The van der Waals surface area contributed by atoms with Crippen LogP contribution in [0.25, 0.3) is 0 Å². The van der Waals surface area contributed by atoms with E-state index >= 15 is 0 Å². The summed E-state index contributed by atoms with van der Waals surface area (Å²) in [5.41, 5.74) is 2.01. The fourth-order valence-corrected chi connectivity index (χ4v) is 1.35. The highest BCUT2D eigenvalue weighted by molar-refractivity contribution is 5.36. The third-order valence-corrected chi connectivity index (χ3v) is 2.25. The van der Waals surface area contributed by atoms with Gasteiger partial charge in [-0.15, -0.1) is 0 Å². The molecule has 0 radical (unpaired) electrons. The summed E-state index contributed by atoms with van der Waals surface area (Å²) in [6.07, 6.45) is -0.414. The number of hydrogen-bond acceptors (Lipinski definition) is 2. The number of rotatable bonds is 4. The molecule has 0 fully saturated rings. The lowest BCUT2D eigenvalue weighted by molar-refractivity contribution is 0.199.